The lowest BCUT2D eigenvalue weighted by molar-refractivity contribution is 0.469. The van der Waals surface area contributed by atoms with Crippen molar-refractivity contribution in [3.05, 3.63) is 53.7 Å². The predicted molar refractivity (Wildman–Crippen MR) is 75.7 cm³/mol. The number of rotatable bonds is 4. The average molecular weight is 256 g/mol. The first-order valence-electron chi connectivity index (χ1n) is 5.88. The molecule has 0 saturated carbocycles. The molecular formula is C14H16N4O. The number of nitrogen functional groups attached to an aromatic ring is 2. The second kappa shape index (κ2) is 5.39. The maximum absolute atomic E-state index is 9.71. The lowest BCUT2D eigenvalue weighted by Crippen LogP contribution is -2.04. The molecule has 0 saturated heterocycles. The van der Waals surface area contributed by atoms with Gasteiger partial charge < -0.3 is 16.6 Å². The Hall–Kier alpha value is -2.56. The van der Waals surface area contributed by atoms with Gasteiger partial charge in [-0.2, -0.15) is 4.98 Å². The molecule has 19 heavy (non-hydrogen) atoms. The second-order valence-corrected chi connectivity index (χ2v) is 4.27. The molecule has 1 heterocycles. The number of anilines is 2. The van der Waals surface area contributed by atoms with Crippen LogP contribution >= 0.6 is 0 Å². The van der Waals surface area contributed by atoms with Gasteiger partial charge in [-0.05, 0) is 23.6 Å². The number of hydrogen-bond donors (Lipinski definition) is 3. The third-order valence-electron chi connectivity index (χ3n) is 2.82. The van der Waals surface area contributed by atoms with Gasteiger partial charge in [-0.15, -0.1) is 6.58 Å². The van der Waals surface area contributed by atoms with Crippen molar-refractivity contribution in [1.29, 1.82) is 0 Å². The van der Waals surface area contributed by atoms with E-state index in [1.807, 2.05) is 12.1 Å². The third kappa shape index (κ3) is 3.01. The van der Waals surface area contributed by atoms with Gasteiger partial charge >= 0.3 is 0 Å². The summed E-state index contributed by atoms with van der Waals surface area (Å²) >= 11 is 0. The van der Waals surface area contributed by atoms with Crippen LogP contribution < -0.4 is 11.5 Å². The van der Waals surface area contributed by atoms with Crippen LogP contribution in [0.4, 0.5) is 11.8 Å². The van der Waals surface area contributed by atoms with E-state index in [9.17, 15) is 5.11 Å². The molecule has 1 aromatic heterocycles. The van der Waals surface area contributed by atoms with Crippen LogP contribution in [0.2, 0.25) is 0 Å². The van der Waals surface area contributed by atoms with E-state index in [0.717, 1.165) is 16.7 Å². The fourth-order valence-electron chi connectivity index (χ4n) is 1.86. The minimum atomic E-state index is 0.166. The lowest BCUT2D eigenvalue weighted by Gasteiger charge is -2.08. The van der Waals surface area contributed by atoms with Crippen LogP contribution in [0.1, 0.15) is 16.7 Å². The molecule has 0 aliphatic carbocycles. The highest BCUT2D eigenvalue weighted by Crippen LogP contribution is 2.22. The number of phenols is 1. The van der Waals surface area contributed by atoms with Crippen molar-refractivity contribution in [2.24, 2.45) is 0 Å². The van der Waals surface area contributed by atoms with E-state index in [1.54, 1.807) is 18.3 Å². The maximum Gasteiger partial charge on any atom is 0.221 e. The molecule has 0 spiro atoms. The van der Waals surface area contributed by atoms with Gasteiger partial charge in [0.25, 0.3) is 0 Å². The van der Waals surface area contributed by atoms with Crippen molar-refractivity contribution < 1.29 is 5.11 Å². The van der Waals surface area contributed by atoms with Crippen LogP contribution in [-0.4, -0.2) is 15.1 Å². The summed E-state index contributed by atoms with van der Waals surface area (Å²) in [6.45, 7) is 3.67. The highest BCUT2D eigenvalue weighted by Gasteiger charge is 2.06. The number of benzene rings is 1. The molecule has 0 amide bonds. The van der Waals surface area contributed by atoms with E-state index in [1.165, 1.54) is 0 Å². The molecule has 5 N–H and O–H groups in total. The fourth-order valence-corrected chi connectivity index (χ4v) is 1.86. The molecule has 98 valence electrons. The largest absolute Gasteiger partial charge is 0.508 e. The molecule has 0 fully saturated rings. The van der Waals surface area contributed by atoms with Gasteiger partial charge in [0.05, 0.1) is 0 Å². The molecule has 0 aliphatic rings. The highest BCUT2D eigenvalue weighted by molar-refractivity contribution is 5.46. The Morgan fingerprint density at radius 3 is 2.74 bits per heavy atom. The summed E-state index contributed by atoms with van der Waals surface area (Å²) in [5, 5.41) is 9.71. The van der Waals surface area contributed by atoms with Crippen LogP contribution in [0, 0.1) is 0 Å². The van der Waals surface area contributed by atoms with E-state index in [4.69, 9.17) is 11.5 Å². The van der Waals surface area contributed by atoms with Gasteiger partial charge in [0.15, 0.2) is 0 Å². The van der Waals surface area contributed by atoms with Gasteiger partial charge in [-0.3, -0.25) is 0 Å². The average Bonchev–Trinajstić information content (AvgIpc) is 2.37. The smallest absolute Gasteiger partial charge is 0.221 e. The zero-order valence-corrected chi connectivity index (χ0v) is 10.5. The molecule has 2 rings (SSSR count). The second-order valence-electron chi connectivity index (χ2n) is 4.27. The molecule has 0 bridgehead atoms. The van der Waals surface area contributed by atoms with E-state index < -0.39 is 0 Å². The van der Waals surface area contributed by atoms with Crippen LogP contribution in [0.5, 0.6) is 5.75 Å². The van der Waals surface area contributed by atoms with Gasteiger partial charge in [0.2, 0.25) is 5.95 Å². The Balaban J connectivity index is 2.27. The van der Waals surface area contributed by atoms with E-state index in [-0.39, 0.29) is 11.7 Å². The van der Waals surface area contributed by atoms with Crippen molar-refractivity contribution in [2.45, 2.75) is 12.8 Å². The summed E-state index contributed by atoms with van der Waals surface area (Å²) < 4.78 is 0. The first-order chi connectivity index (χ1) is 9.10. The van der Waals surface area contributed by atoms with Crippen LogP contribution in [0.15, 0.2) is 37.1 Å². The Morgan fingerprint density at radius 1 is 1.26 bits per heavy atom. The maximum atomic E-state index is 9.71. The first kappa shape index (κ1) is 12.9. The van der Waals surface area contributed by atoms with Crippen LogP contribution in [0.25, 0.3) is 0 Å². The summed E-state index contributed by atoms with van der Waals surface area (Å²) in [6.07, 6.45) is 4.58. The van der Waals surface area contributed by atoms with Crippen LogP contribution in [-0.2, 0) is 12.8 Å². The number of aromatic hydroxyl groups is 1. The number of allylic oxidation sites excluding steroid dienone is 1. The standard InChI is InChI=1S/C14H16N4O/c1-2-3-10-6-9(4-5-12(10)19)7-11-8-17-14(16)18-13(11)15/h2,4-6,8,19H,1,3,7H2,(H4,15,16,17,18). The summed E-state index contributed by atoms with van der Waals surface area (Å²) in [7, 11) is 0. The van der Waals surface area contributed by atoms with Gasteiger partial charge in [0.1, 0.15) is 11.6 Å². The molecule has 5 nitrogen and oxygen atoms in total. The van der Waals surface area contributed by atoms with Crippen molar-refractivity contribution in [1.82, 2.24) is 9.97 Å². The summed E-state index contributed by atoms with van der Waals surface area (Å²) in [6, 6.07) is 5.44. The third-order valence-corrected chi connectivity index (χ3v) is 2.82. The topological polar surface area (TPSA) is 98.0 Å². The number of phenolic OH excluding ortho intramolecular Hbond substituents is 1. The number of hydrogen-bond acceptors (Lipinski definition) is 5. The van der Waals surface area contributed by atoms with Gasteiger partial charge in [0, 0.05) is 18.2 Å². The fraction of sp³-hybridized carbons (Fsp3) is 0.143. The zero-order valence-electron chi connectivity index (χ0n) is 10.5. The Labute approximate surface area is 111 Å². The molecular weight excluding hydrogens is 240 g/mol. The quantitative estimate of drug-likeness (QED) is 0.723. The number of aromatic nitrogens is 2. The Bertz CT molecular complexity index is 610. The van der Waals surface area contributed by atoms with Crippen molar-refractivity contribution in [2.75, 3.05) is 11.5 Å². The minimum Gasteiger partial charge on any atom is -0.508 e. The van der Waals surface area contributed by atoms with Crippen molar-refractivity contribution in [3.63, 3.8) is 0 Å². The molecule has 1 aromatic carbocycles. The first-order valence-corrected chi connectivity index (χ1v) is 5.88. The van der Waals surface area contributed by atoms with E-state index >= 15 is 0 Å². The molecule has 0 aliphatic heterocycles. The molecule has 5 heteroatoms. The predicted octanol–water partition coefficient (Wildman–Crippen LogP) is 1.67. The van der Waals surface area contributed by atoms with Crippen LogP contribution in [0.3, 0.4) is 0 Å². The molecule has 0 unspecified atom stereocenters. The van der Waals surface area contributed by atoms with Gasteiger partial charge in [-0.25, -0.2) is 4.98 Å². The van der Waals surface area contributed by atoms with E-state index in [0.29, 0.717) is 18.7 Å². The molecule has 0 atom stereocenters. The Morgan fingerprint density at radius 2 is 2.05 bits per heavy atom. The number of nitrogens with two attached hydrogens (primary N) is 2. The van der Waals surface area contributed by atoms with Crippen molar-refractivity contribution in [3.8, 4) is 5.75 Å². The summed E-state index contributed by atoms with van der Waals surface area (Å²) in [4.78, 5) is 7.86. The minimum absolute atomic E-state index is 0.166. The lowest BCUT2D eigenvalue weighted by atomic mass is 10.0. The monoisotopic (exact) mass is 256 g/mol. The van der Waals surface area contributed by atoms with Gasteiger partial charge in [-0.1, -0.05) is 18.2 Å². The zero-order chi connectivity index (χ0) is 13.8. The van der Waals surface area contributed by atoms with Crippen molar-refractivity contribution >= 4 is 11.8 Å². The molecule has 0 radical (unpaired) electrons. The highest BCUT2D eigenvalue weighted by atomic mass is 16.3. The number of nitrogens with zero attached hydrogens (tertiary/aromatic N) is 2. The Kier molecular flexibility index (Phi) is 3.66. The summed E-state index contributed by atoms with van der Waals surface area (Å²) in [5.74, 6) is 0.815. The molecule has 2 aromatic rings. The normalized spacial score (nSPS) is 10.3. The SMILES string of the molecule is C=CCc1cc(Cc2cnc(N)nc2N)ccc1O. The van der Waals surface area contributed by atoms with E-state index in [2.05, 4.69) is 16.5 Å². The summed E-state index contributed by atoms with van der Waals surface area (Å²) in [5.41, 5.74) is 13.9.